The van der Waals surface area contributed by atoms with E-state index in [4.69, 9.17) is 0 Å². The van der Waals surface area contributed by atoms with Gasteiger partial charge in [-0.3, -0.25) is 4.79 Å². The van der Waals surface area contributed by atoms with Crippen LogP contribution in [0.1, 0.15) is 22.3 Å². The number of carbonyl (C=O) groups excluding carboxylic acids is 1. The molecule has 0 aliphatic rings. The molecule has 0 bridgehead atoms. The molecule has 0 amide bonds. The van der Waals surface area contributed by atoms with Crippen LogP contribution in [0.2, 0.25) is 0 Å². The van der Waals surface area contributed by atoms with Crippen molar-refractivity contribution in [3.8, 4) is 0 Å². The molecule has 2 rings (SSSR count). The molecule has 0 radical (unpaired) electrons. The van der Waals surface area contributed by atoms with E-state index in [0.717, 1.165) is 5.56 Å². The molecule has 0 heterocycles. The van der Waals surface area contributed by atoms with E-state index >= 15 is 0 Å². The average molecular weight is 246 g/mol. The summed E-state index contributed by atoms with van der Waals surface area (Å²) in [6, 6.07) is 11.6. The molecular weight excluding hydrogens is 234 g/mol. The van der Waals surface area contributed by atoms with Crippen LogP contribution in [-0.2, 0) is 6.42 Å². The van der Waals surface area contributed by atoms with Gasteiger partial charge in [0, 0.05) is 12.0 Å². The number of halogens is 2. The van der Waals surface area contributed by atoms with E-state index in [0.29, 0.717) is 18.4 Å². The lowest BCUT2D eigenvalue weighted by Gasteiger charge is -2.02. The minimum absolute atomic E-state index is 0.0423. The van der Waals surface area contributed by atoms with Gasteiger partial charge in [0.1, 0.15) is 11.6 Å². The first-order valence-electron chi connectivity index (χ1n) is 5.68. The molecule has 0 saturated carbocycles. The second-order valence-corrected chi connectivity index (χ2v) is 4.06. The van der Waals surface area contributed by atoms with Crippen molar-refractivity contribution in [2.75, 3.05) is 0 Å². The Morgan fingerprint density at radius 1 is 0.833 bits per heavy atom. The Morgan fingerprint density at radius 2 is 1.33 bits per heavy atom. The highest BCUT2D eigenvalue weighted by molar-refractivity contribution is 5.96. The Labute approximate surface area is 104 Å². The van der Waals surface area contributed by atoms with Gasteiger partial charge in [-0.2, -0.15) is 0 Å². The zero-order valence-electron chi connectivity index (χ0n) is 9.70. The lowest BCUT2D eigenvalue weighted by atomic mass is 10.0. The van der Waals surface area contributed by atoms with E-state index in [9.17, 15) is 13.6 Å². The van der Waals surface area contributed by atoms with Crippen LogP contribution in [-0.4, -0.2) is 5.78 Å². The first-order valence-corrected chi connectivity index (χ1v) is 5.68. The van der Waals surface area contributed by atoms with Crippen LogP contribution in [0.5, 0.6) is 0 Å². The van der Waals surface area contributed by atoms with E-state index in [2.05, 4.69) is 0 Å². The third-order valence-electron chi connectivity index (χ3n) is 2.72. The molecule has 0 fully saturated rings. The summed E-state index contributed by atoms with van der Waals surface area (Å²) in [5.74, 6) is -0.687. The van der Waals surface area contributed by atoms with Gasteiger partial charge in [-0.1, -0.05) is 12.1 Å². The van der Waals surface area contributed by atoms with Crippen LogP contribution in [0.4, 0.5) is 8.78 Å². The molecule has 92 valence electrons. The van der Waals surface area contributed by atoms with Crippen molar-refractivity contribution in [2.45, 2.75) is 12.8 Å². The van der Waals surface area contributed by atoms with Crippen LogP contribution in [0.15, 0.2) is 48.5 Å². The maximum atomic E-state index is 12.7. The molecule has 1 nitrogen and oxygen atoms in total. The normalized spacial score (nSPS) is 10.3. The molecule has 0 saturated heterocycles. The van der Waals surface area contributed by atoms with Crippen LogP contribution >= 0.6 is 0 Å². The molecule has 2 aromatic rings. The fourth-order valence-corrected chi connectivity index (χ4v) is 1.69. The van der Waals surface area contributed by atoms with Crippen molar-refractivity contribution in [3.05, 3.63) is 71.3 Å². The van der Waals surface area contributed by atoms with Crippen molar-refractivity contribution in [1.29, 1.82) is 0 Å². The molecule has 0 aliphatic carbocycles. The highest BCUT2D eigenvalue weighted by Gasteiger charge is 2.06. The number of aryl methyl sites for hydroxylation is 1. The number of hydrogen-bond acceptors (Lipinski definition) is 1. The van der Waals surface area contributed by atoms with Crippen molar-refractivity contribution >= 4 is 5.78 Å². The molecule has 0 aliphatic heterocycles. The van der Waals surface area contributed by atoms with Gasteiger partial charge in [0.05, 0.1) is 0 Å². The number of benzene rings is 2. The van der Waals surface area contributed by atoms with Gasteiger partial charge in [0.2, 0.25) is 0 Å². The van der Waals surface area contributed by atoms with Crippen LogP contribution in [0, 0.1) is 11.6 Å². The van der Waals surface area contributed by atoms with Gasteiger partial charge in [0.25, 0.3) is 0 Å². The molecule has 0 aromatic heterocycles. The molecule has 0 spiro atoms. The lowest BCUT2D eigenvalue weighted by Crippen LogP contribution is -2.01. The second-order valence-electron chi connectivity index (χ2n) is 4.06. The molecule has 0 N–H and O–H groups in total. The number of Topliss-reactive ketones (excluding diaryl/α,β-unsaturated/α-hetero) is 1. The minimum Gasteiger partial charge on any atom is -0.294 e. The van der Waals surface area contributed by atoms with E-state index < -0.39 is 0 Å². The minimum atomic E-state index is -0.356. The molecule has 3 heteroatoms. The first-order chi connectivity index (χ1) is 8.65. The summed E-state index contributed by atoms with van der Waals surface area (Å²) in [5, 5.41) is 0. The van der Waals surface area contributed by atoms with E-state index in [1.165, 1.54) is 36.4 Å². The fraction of sp³-hybridized carbons (Fsp3) is 0.133. The Morgan fingerprint density at radius 3 is 1.89 bits per heavy atom. The van der Waals surface area contributed by atoms with Gasteiger partial charge in [-0.25, -0.2) is 8.78 Å². The van der Waals surface area contributed by atoms with Gasteiger partial charge >= 0.3 is 0 Å². The largest absolute Gasteiger partial charge is 0.294 e. The molecule has 2 aromatic carbocycles. The van der Waals surface area contributed by atoms with Crippen molar-refractivity contribution in [1.82, 2.24) is 0 Å². The van der Waals surface area contributed by atoms with E-state index in [1.807, 2.05) is 0 Å². The third kappa shape index (κ3) is 3.23. The summed E-state index contributed by atoms with van der Waals surface area (Å²) in [4.78, 5) is 11.8. The number of ketones is 1. The van der Waals surface area contributed by atoms with Crippen LogP contribution < -0.4 is 0 Å². The maximum absolute atomic E-state index is 12.7. The number of hydrogen-bond donors (Lipinski definition) is 0. The Balaban J connectivity index is 1.96. The molecule has 0 unspecified atom stereocenters. The summed E-state index contributed by atoms with van der Waals surface area (Å²) >= 11 is 0. The highest BCUT2D eigenvalue weighted by atomic mass is 19.1. The van der Waals surface area contributed by atoms with Crippen LogP contribution in [0.25, 0.3) is 0 Å². The Kier molecular flexibility index (Phi) is 3.82. The Hall–Kier alpha value is -2.03. The van der Waals surface area contributed by atoms with Gasteiger partial charge < -0.3 is 0 Å². The standard InChI is InChI=1S/C15H12F2O/c16-13-6-1-11(2-7-13)3-10-15(18)12-4-8-14(17)9-5-12/h1-2,4-9H,3,10H2. The maximum Gasteiger partial charge on any atom is 0.163 e. The van der Waals surface area contributed by atoms with E-state index in [-0.39, 0.29) is 17.4 Å². The fourth-order valence-electron chi connectivity index (χ4n) is 1.69. The highest BCUT2D eigenvalue weighted by Crippen LogP contribution is 2.10. The zero-order valence-corrected chi connectivity index (χ0v) is 9.70. The predicted molar refractivity (Wildman–Crippen MR) is 65.5 cm³/mol. The summed E-state index contributed by atoms with van der Waals surface area (Å²) in [6.07, 6.45) is 0.883. The smallest absolute Gasteiger partial charge is 0.163 e. The van der Waals surface area contributed by atoms with Crippen LogP contribution in [0.3, 0.4) is 0 Å². The summed E-state index contributed by atoms with van der Waals surface area (Å²) in [5.41, 5.74) is 1.41. The third-order valence-corrected chi connectivity index (χ3v) is 2.72. The second kappa shape index (κ2) is 5.54. The van der Waals surface area contributed by atoms with Gasteiger partial charge in [-0.05, 0) is 48.4 Å². The summed E-state index contributed by atoms with van der Waals surface area (Å²) < 4.78 is 25.4. The van der Waals surface area contributed by atoms with Crippen molar-refractivity contribution < 1.29 is 13.6 Å². The molecule has 0 atom stereocenters. The van der Waals surface area contributed by atoms with Crippen molar-refractivity contribution in [2.24, 2.45) is 0 Å². The summed E-state index contributed by atoms with van der Waals surface area (Å²) in [6.45, 7) is 0. The summed E-state index contributed by atoms with van der Waals surface area (Å²) in [7, 11) is 0. The molecular formula is C15H12F2O. The first kappa shape index (κ1) is 12.4. The average Bonchev–Trinajstić information content (AvgIpc) is 2.38. The zero-order chi connectivity index (χ0) is 13.0. The van der Waals surface area contributed by atoms with Crippen molar-refractivity contribution in [3.63, 3.8) is 0 Å². The lowest BCUT2D eigenvalue weighted by molar-refractivity contribution is 0.0983. The number of rotatable bonds is 4. The SMILES string of the molecule is O=C(CCc1ccc(F)cc1)c1ccc(F)cc1. The van der Waals surface area contributed by atoms with Gasteiger partial charge in [0.15, 0.2) is 5.78 Å². The van der Waals surface area contributed by atoms with E-state index in [1.54, 1.807) is 12.1 Å². The topological polar surface area (TPSA) is 17.1 Å². The quantitative estimate of drug-likeness (QED) is 0.750. The monoisotopic (exact) mass is 246 g/mol. The Bertz CT molecular complexity index is 529. The predicted octanol–water partition coefficient (Wildman–Crippen LogP) is 3.78. The molecule has 18 heavy (non-hydrogen) atoms. The number of carbonyl (C=O) groups is 1. The van der Waals surface area contributed by atoms with Gasteiger partial charge in [-0.15, -0.1) is 0 Å².